The number of nitrogens with two attached hydrogens (primary N) is 1. The lowest BCUT2D eigenvalue weighted by Gasteiger charge is -2.32. The number of hydrogen-bond donors (Lipinski definition) is 2. The molecule has 14 heavy (non-hydrogen) atoms. The molecule has 2 unspecified atom stereocenters. The Hall–Kier alpha value is -0.650. The Balaban J connectivity index is 2.37. The van der Waals surface area contributed by atoms with Crippen LogP contribution in [0, 0.1) is 0 Å². The van der Waals surface area contributed by atoms with Gasteiger partial charge in [0.25, 0.3) is 0 Å². The second kappa shape index (κ2) is 5.29. The van der Waals surface area contributed by atoms with Gasteiger partial charge in [-0.15, -0.1) is 0 Å². The van der Waals surface area contributed by atoms with E-state index >= 15 is 0 Å². The molecule has 82 valence electrons. The van der Waals surface area contributed by atoms with E-state index in [0.29, 0.717) is 6.54 Å². The number of primary amides is 1. The summed E-state index contributed by atoms with van der Waals surface area (Å²) in [4.78, 5) is 13.2. The molecule has 0 aromatic heterocycles. The largest absolute Gasteiger partial charge is 0.376 e. The first-order valence-corrected chi connectivity index (χ1v) is 4.94. The number of likely N-dealkylation sites (N-methyl/N-ethyl adjacent to an activating group) is 1. The topological polar surface area (TPSA) is 67.6 Å². The molecule has 5 nitrogen and oxygen atoms in total. The lowest BCUT2D eigenvalue weighted by molar-refractivity contribution is -0.121. The predicted molar refractivity (Wildman–Crippen MR) is 53.9 cm³/mol. The Labute approximate surface area is 84.6 Å². The van der Waals surface area contributed by atoms with Gasteiger partial charge in [0.05, 0.1) is 18.8 Å². The summed E-state index contributed by atoms with van der Waals surface area (Å²) in [5.74, 6) is -0.299. The molecule has 0 bridgehead atoms. The number of nitrogens with zero attached hydrogens (tertiary/aromatic N) is 1. The summed E-state index contributed by atoms with van der Waals surface area (Å²) < 4.78 is 5.41. The SMILES string of the molecule is CNC(CN1CCOC(C)C1)C(N)=O. The summed E-state index contributed by atoms with van der Waals surface area (Å²) in [7, 11) is 1.75. The van der Waals surface area contributed by atoms with Crippen molar-refractivity contribution in [2.75, 3.05) is 33.3 Å². The van der Waals surface area contributed by atoms with Crippen molar-refractivity contribution in [3.05, 3.63) is 0 Å². The molecule has 0 aromatic rings. The van der Waals surface area contributed by atoms with Crippen LogP contribution in [0.25, 0.3) is 0 Å². The zero-order chi connectivity index (χ0) is 10.6. The van der Waals surface area contributed by atoms with Crippen LogP contribution < -0.4 is 11.1 Å². The van der Waals surface area contributed by atoms with Crippen LogP contribution in [0.4, 0.5) is 0 Å². The Morgan fingerprint density at radius 3 is 3.00 bits per heavy atom. The molecule has 0 radical (unpaired) electrons. The fourth-order valence-corrected chi connectivity index (χ4v) is 1.64. The minimum Gasteiger partial charge on any atom is -0.376 e. The average Bonchev–Trinajstić information content (AvgIpc) is 2.14. The van der Waals surface area contributed by atoms with E-state index in [4.69, 9.17) is 10.5 Å². The summed E-state index contributed by atoms with van der Waals surface area (Å²) in [6.45, 7) is 5.17. The van der Waals surface area contributed by atoms with Gasteiger partial charge in [0.2, 0.25) is 5.91 Å². The third-order valence-corrected chi connectivity index (χ3v) is 2.46. The summed E-state index contributed by atoms with van der Waals surface area (Å²) in [5, 5.41) is 2.91. The van der Waals surface area contributed by atoms with E-state index in [1.165, 1.54) is 0 Å². The Bertz CT molecular complexity index is 198. The highest BCUT2D eigenvalue weighted by Crippen LogP contribution is 2.04. The van der Waals surface area contributed by atoms with Crippen molar-refractivity contribution in [3.63, 3.8) is 0 Å². The molecule has 3 N–H and O–H groups in total. The fourth-order valence-electron chi connectivity index (χ4n) is 1.64. The van der Waals surface area contributed by atoms with Crippen molar-refractivity contribution < 1.29 is 9.53 Å². The van der Waals surface area contributed by atoms with Crippen molar-refractivity contribution in [1.82, 2.24) is 10.2 Å². The van der Waals surface area contributed by atoms with Gasteiger partial charge in [-0.2, -0.15) is 0 Å². The maximum atomic E-state index is 11.0. The van der Waals surface area contributed by atoms with Crippen molar-refractivity contribution in [3.8, 4) is 0 Å². The van der Waals surface area contributed by atoms with Crippen LogP contribution in [0.5, 0.6) is 0 Å². The third kappa shape index (κ3) is 3.25. The summed E-state index contributed by atoms with van der Waals surface area (Å²) in [5.41, 5.74) is 5.24. The molecule has 1 fully saturated rings. The summed E-state index contributed by atoms with van der Waals surface area (Å²) in [6.07, 6.45) is 0.245. The molecule has 0 aliphatic carbocycles. The summed E-state index contributed by atoms with van der Waals surface area (Å²) >= 11 is 0. The first-order valence-electron chi connectivity index (χ1n) is 4.94. The molecule has 1 aliphatic rings. The molecule has 2 atom stereocenters. The van der Waals surface area contributed by atoms with Gasteiger partial charge in [0.15, 0.2) is 0 Å². The van der Waals surface area contributed by atoms with Crippen LogP contribution in [-0.4, -0.2) is 56.2 Å². The fraction of sp³-hybridized carbons (Fsp3) is 0.889. The van der Waals surface area contributed by atoms with Crippen LogP contribution in [0.1, 0.15) is 6.92 Å². The lowest BCUT2D eigenvalue weighted by Crippen LogP contribution is -2.51. The molecule has 1 heterocycles. The highest BCUT2D eigenvalue weighted by atomic mass is 16.5. The van der Waals surface area contributed by atoms with E-state index in [2.05, 4.69) is 10.2 Å². The van der Waals surface area contributed by atoms with Crippen LogP contribution in [0.3, 0.4) is 0 Å². The van der Waals surface area contributed by atoms with Crippen LogP contribution in [0.15, 0.2) is 0 Å². The molecule has 1 aliphatic heterocycles. The van der Waals surface area contributed by atoms with E-state index in [1.54, 1.807) is 7.05 Å². The third-order valence-electron chi connectivity index (χ3n) is 2.46. The van der Waals surface area contributed by atoms with Gasteiger partial charge >= 0.3 is 0 Å². The lowest BCUT2D eigenvalue weighted by atomic mass is 10.2. The molecule has 1 amide bonds. The Kier molecular flexibility index (Phi) is 4.31. The quantitative estimate of drug-likeness (QED) is 0.598. The van der Waals surface area contributed by atoms with Gasteiger partial charge in [-0.3, -0.25) is 9.69 Å². The maximum Gasteiger partial charge on any atom is 0.235 e. The van der Waals surface area contributed by atoms with Gasteiger partial charge in [0, 0.05) is 19.6 Å². The molecule has 5 heteroatoms. The molecule has 0 aromatic carbocycles. The second-order valence-electron chi connectivity index (χ2n) is 3.68. The highest BCUT2D eigenvalue weighted by molar-refractivity contribution is 5.80. The van der Waals surface area contributed by atoms with Crippen LogP contribution in [0.2, 0.25) is 0 Å². The van der Waals surface area contributed by atoms with Crippen molar-refractivity contribution in [2.45, 2.75) is 19.1 Å². The second-order valence-corrected chi connectivity index (χ2v) is 3.68. The number of ether oxygens (including phenoxy) is 1. The number of carbonyl (C=O) groups is 1. The van der Waals surface area contributed by atoms with Gasteiger partial charge in [-0.1, -0.05) is 0 Å². The Morgan fingerprint density at radius 2 is 2.50 bits per heavy atom. The molecular weight excluding hydrogens is 182 g/mol. The molecule has 0 spiro atoms. The molecule has 1 rings (SSSR count). The van der Waals surface area contributed by atoms with E-state index in [1.807, 2.05) is 6.92 Å². The number of hydrogen-bond acceptors (Lipinski definition) is 4. The van der Waals surface area contributed by atoms with Crippen molar-refractivity contribution in [1.29, 1.82) is 0 Å². The van der Waals surface area contributed by atoms with E-state index in [9.17, 15) is 4.79 Å². The van der Waals surface area contributed by atoms with Gasteiger partial charge in [0.1, 0.15) is 0 Å². The number of amides is 1. The van der Waals surface area contributed by atoms with E-state index in [0.717, 1.165) is 19.7 Å². The monoisotopic (exact) mass is 201 g/mol. The van der Waals surface area contributed by atoms with Crippen molar-refractivity contribution >= 4 is 5.91 Å². The standard InChI is InChI=1S/C9H19N3O2/c1-7-5-12(3-4-14-7)6-8(11-2)9(10)13/h7-8,11H,3-6H2,1-2H3,(H2,10,13). The number of rotatable bonds is 4. The van der Waals surface area contributed by atoms with Gasteiger partial charge in [-0.05, 0) is 14.0 Å². The summed E-state index contributed by atoms with van der Waals surface area (Å²) in [6, 6.07) is -0.264. The predicted octanol–water partition coefficient (Wildman–Crippen LogP) is -1.22. The molecule has 0 saturated carbocycles. The number of carbonyl (C=O) groups excluding carboxylic acids is 1. The maximum absolute atomic E-state index is 11.0. The smallest absolute Gasteiger partial charge is 0.235 e. The number of morpholine rings is 1. The highest BCUT2D eigenvalue weighted by Gasteiger charge is 2.21. The van der Waals surface area contributed by atoms with Crippen molar-refractivity contribution in [2.24, 2.45) is 5.73 Å². The first kappa shape index (κ1) is 11.4. The van der Waals surface area contributed by atoms with Crippen LogP contribution in [-0.2, 0) is 9.53 Å². The number of nitrogens with one attached hydrogen (secondary N) is 1. The zero-order valence-corrected chi connectivity index (χ0v) is 8.82. The zero-order valence-electron chi connectivity index (χ0n) is 8.82. The average molecular weight is 201 g/mol. The van der Waals surface area contributed by atoms with E-state index < -0.39 is 0 Å². The minimum atomic E-state index is -0.299. The van der Waals surface area contributed by atoms with Gasteiger partial charge in [-0.25, -0.2) is 0 Å². The first-order chi connectivity index (χ1) is 6.63. The molecule has 1 saturated heterocycles. The molecular formula is C9H19N3O2. The van der Waals surface area contributed by atoms with Crippen LogP contribution >= 0.6 is 0 Å². The minimum absolute atomic E-state index is 0.245. The van der Waals surface area contributed by atoms with E-state index in [-0.39, 0.29) is 18.1 Å². The Morgan fingerprint density at radius 1 is 1.79 bits per heavy atom. The normalized spacial score (nSPS) is 26.0. The van der Waals surface area contributed by atoms with Gasteiger partial charge < -0.3 is 15.8 Å².